The topological polar surface area (TPSA) is 12.9 Å². The van der Waals surface area contributed by atoms with E-state index in [9.17, 15) is 0 Å². The summed E-state index contributed by atoms with van der Waals surface area (Å²) in [7, 11) is 0. The largest absolute Gasteiger partial charge is 0.256 e. The van der Waals surface area contributed by atoms with E-state index in [2.05, 4.69) is 29.5 Å². The van der Waals surface area contributed by atoms with E-state index < -0.39 is 0 Å². The van der Waals surface area contributed by atoms with Crippen LogP contribution in [0.15, 0.2) is 30.5 Å². The van der Waals surface area contributed by atoms with E-state index in [4.69, 9.17) is 11.6 Å². The standard InChI is InChI=1S/C13H10ClNS/c14-11-4-5-12-10(3-1-2-8-16)6-7-15-13(12)9-11/h4-7,9,16H,2,8H2. The zero-order valence-electron chi connectivity index (χ0n) is 8.57. The van der Waals surface area contributed by atoms with Crippen LogP contribution in [0.4, 0.5) is 0 Å². The second kappa shape index (κ2) is 5.25. The molecule has 0 aliphatic carbocycles. The SMILES string of the molecule is SCCC#Cc1ccnc2cc(Cl)ccc12. The molecule has 0 aliphatic heterocycles. The van der Waals surface area contributed by atoms with Crippen molar-refractivity contribution in [1.82, 2.24) is 4.98 Å². The van der Waals surface area contributed by atoms with Crippen LogP contribution >= 0.6 is 24.2 Å². The molecule has 0 atom stereocenters. The maximum atomic E-state index is 5.91. The Morgan fingerprint density at radius 3 is 3.00 bits per heavy atom. The van der Waals surface area contributed by atoms with Crippen LogP contribution in [0.1, 0.15) is 12.0 Å². The van der Waals surface area contributed by atoms with Crippen molar-refractivity contribution in [3.8, 4) is 11.8 Å². The lowest BCUT2D eigenvalue weighted by Gasteiger charge is -1.99. The van der Waals surface area contributed by atoms with Gasteiger partial charge in [-0.3, -0.25) is 4.98 Å². The van der Waals surface area contributed by atoms with Gasteiger partial charge in [0.05, 0.1) is 5.52 Å². The van der Waals surface area contributed by atoms with Gasteiger partial charge >= 0.3 is 0 Å². The number of pyridine rings is 1. The maximum Gasteiger partial charge on any atom is 0.0729 e. The first-order chi connectivity index (χ1) is 7.81. The summed E-state index contributed by atoms with van der Waals surface area (Å²) in [5.74, 6) is 6.98. The van der Waals surface area contributed by atoms with Gasteiger partial charge in [-0.1, -0.05) is 29.5 Å². The van der Waals surface area contributed by atoms with E-state index in [1.165, 1.54) is 0 Å². The summed E-state index contributed by atoms with van der Waals surface area (Å²) < 4.78 is 0. The predicted molar refractivity (Wildman–Crippen MR) is 72.1 cm³/mol. The van der Waals surface area contributed by atoms with Gasteiger partial charge in [-0.15, -0.1) is 0 Å². The first kappa shape index (κ1) is 11.3. The first-order valence-electron chi connectivity index (χ1n) is 4.95. The Morgan fingerprint density at radius 2 is 2.19 bits per heavy atom. The van der Waals surface area contributed by atoms with Crippen LogP contribution in [0.3, 0.4) is 0 Å². The molecule has 0 radical (unpaired) electrons. The number of halogens is 1. The predicted octanol–water partition coefficient (Wildman–Crippen LogP) is 3.56. The van der Waals surface area contributed by atoms with Gasteiger partial charge in [0, 0.05) is 34.3 Å². The second-order valence-corrected chi connectivity index (χ2v) is 4.18. The lowest BCUT2D eigenvalue weighted by molar-refractivity contribution is 1.31. The highest BCUT2D eigenvalue weighted by Gasteiger charge is 1.99. The van der Waals surface area contributed by atoms with Crippen molar-refractivity contribution >= 4 is 35.1 Å². The van der Waals surface area contributed by atoms with Crippen molar-refractivity contribution in [2.45, 2.75) is 6.42 Å². The fraction of sp³-hybridized carbons (Fsp3) is 0.154. The lowest BCUT2D eigenvalue weighted by Crippen LogP contribution is -1.83. The average Bonchev–Trinajstić information content (AvgIpc) is 2.29. The Labute approximate surface area is 105 Å². The van der Waals surface area contributed by atoms with Crippen molar-refractivity contribution in [3.63, 3.8) is 0 Å². The highest BCUT2D eigenvalue weighted by molar-refractivity contribution is 7.80. The van der Waals surface area contributed by atoms with E-state index in [-0.39, 0.29) is 0 Å². The average molecular weight is 248 g/mol. The summed E-state index contributed by atoms with van der Waals surface area (Å²) in [5, 5.41) is 1.74. The molecule has 0 unspecified atom stereocenters. The maximum absolute atomic E-state index is 5.91. The third kappa shape index (κ3) is 2.49. The third-order valence-corrected chi connectivity index (χ3v) is 2.62. The Balaban J connectivity index is 2.51. The van der Waals surface area contributed by atoms with Crippen LogP contribution in [-0.4, -0.2) is 10.7 Å². The number of fused-ring (bicyclic) bond motifs is 1. The van der Waals surface area contributed by atoms with Crippen molar-refractivity contribution in [3.05, 3.63) is 41.0 Å². The molecule has 0 spiro atoms. The van der Waals surface area contributed by atoms with Crippen molar-refractivity contribution in [2.24, 2.45) is 0 Å². The molecular formula is C13H10ClNS. The number of nitrogens with zero attached hydrogens (tertiary/aromatic N) is 1. The number of benzene rings is 1. The molecule has 0 saturated carbocycles. The normalized spacial score (nSPS) is 9.88. The van der Waals surface area contributed by atoms with Gasteiger partial charge in [-0.25, -0.2) is 0 Å². The van der Waals surface area contributed by atoms with Crippen LogP contribution in [0.5, 0.6) is 0 Å². The molecule has 0 bridgehead atoms. The zero-order valence-corrected chi connectivity index (χ0v) is 10.2. The van der Waals surface area contributed by atoms with E-state index in [0.29, 0.717) is 5.02 Å². The Kier molecular flexibility index (Phi) is 3.71. The lowest BCUT2D eigenvalue weighted by atomic mass is 10.1. The van der Waals surface area contributed by atoms with Gasteiger partial charge < -0.3 is 0 Å². The van der Waals surface area contributed by atoms with Crippen molar-refractivity contribution < 1.29 is 0 Å². The quantitative estimate of drug-likeness (QED) is 0.601. The number of rotatable bonds is 1. The number of aromatic nitrogens is 1. The minimum atomic E-state index is 0.695. The summed E-state index contributed by atoms with van der Waals surface area (Å²) in [4.78, 5) is 4.26. The van der Waals surface area contributed by atoms with Gasteiger partial charge in [0.15, 0.2) is 0 Å². The molecule has 1 nitrogen and oxygen atoms in total. The molecule has 2 aromatic rings. The summed E-state index contributed by atoms with van der Waals surface area (Å²) in [5.41, 5.74) is 1.87. The van der Waals surface area contributed by atoms with Crippen molar-refractivity contribution in [1.29, 1.82) is 0 Å². The van der Waals surface area contributed by atoms with Crippen LogP contribution < -0.4 is 0 Å². The number of hydrogen-bond acceptors (Lipinski definition) is 2. The van der Waals surface area contributed by atoms with E-state index >= 15 is 0 Å². The van der Waals surface area contributed by atoms with Crippen LogP contribution in [0.2, 0.25) is 5.02 Å². The minimum absolute atomic E-state index is 0.695. The van der Waals surface area contributed by atoms with Crippen LogP contribution in [-0.2, 0) is 0 Å². The molecule has 1 aromatic heterocycles. The first-order valence-corrected chi connectivity index (χ1v) is 5.96. The molecule has 1 heterocycles. The van der Waals surface area contributed by atoms with E-state index in [0.717, 1.165) is 28.6 Å². The van der Waals surface area contributed by atoms with Gasteiger partial charge in [0.25, 0.3) is 0 Å². The minimum Gasteiger partial charge on any atom is -0.256 e. The highest BCUT2D eigenvalue weighted by Crippen LogP contribution is 2.20. The van der Waals surface area contributed by atoms with Gasteiger partial charge in [0.1, 0.15) is 0 Å². The number of thiol groups is 1. The van der Waals surface area contributed by atoms with Gasteiger partial charge in [0.2, 0.25) is 0 Å². The molecule has 16 heavy (non-hydrogen) atoms. The van der Waals surface area contributed by atoms with Gasteiger partial charge in [-0.05, 0) is 18.2 Å². The fourth-order valence-corrected chi connectivity index (χ4v) is 1.72. The van der Waals surface area contributed by atoms with Crippen LogP contribution in [0, 0.1) is 11.8 Å². The second-order valence-electron chi connectivity index (χ2n) is 3.30. The Bertz CT molecular complexity index is 569. The number of hydrogen-bond donors (Lipinski definition) is 1. The smallest absolute Gasteiger partial charge is 0.0729 e. The molecule has 0 saturated heterocycles. The van der Waals surface area contributed by atoms with Gasteiger partial charge in [-0.2, -0.15) is 12.6 Å². The molecule has 1 aromatic carbocycles. The molecule has 3 heteroatoms. The molecule has 80 valence electrons. The Morgan fingerprint density at radius 1 is 1.31 bits per heavy atom. The fourth-order valence-electron chi connectivity index (χ4n) is 1.44. The summed E-state index contributed by atoms with van der Waals surface area (Å²) in [6, 6.07) is 7.58. The summed E-state index contributed by atoms with van der Waals surface area (Å²) in [6.45, 7) is 0. The molecule has 0 fully saturated rings. The van der Waals surface area contributed by atoms with Crippen molar-refractivity contribution in [2.75, 3.05) is 5.75 Å². The molecule has 0 aliphatic rings. The van der Waals surface area contributed by atoms with E-state index in [1.54, 1.807) is 6.20 Å². The zero-order chi connectivity index (χ0) is 11.4. The Hall–Kier alpha value is -1.17. The summed E-state index contributed by atoms with van der Waals surface area (Å²) >= 11 is 10.0. The third-order valence-electron chi connectivity index (χ3n) is 2.16. The molecule has 2 rings (SSSR count). The highest BCUT2D eigenvalue weighted by atomic mass is 35.5. The molecular weight excluding hydrogens is 238 g/mol. The monoisotopic (exact) mass is 247 g/mol. The molecule has 0 N–H and O–H groups in total. The van der Waals surface area contributed by atoms with E-state index in [1.807, 2.05) is 24.3 Å². The molecule has 0 amide bonds. The summed E-state index contributed by atoms with van der Waals surface area (Å²) in [6.07, 6.45) is 2.55. The van der Waals surface area contributed by atoms with Crippen LogP contribution in [0.25, 0.3) is 10.9 Å².